The van der Waals surface area contributed by atoms with Crippen molar-refractivity contribution in [2.75, 3.05) is 38.1 Å². The van der Waals surface area contributed by atoms with E-state index in [-0.39, 0.29) is 12.5 Å². The molecule has 6 heteroatoms. The minimum absolute atomic E-state index is 0.141. The summed E-state index contributed by atoms with van der Waals surface area (Å²) in [6.07, 6.45) is 6.16. The van der Waals surface area contributed by atoms with Crippen LogP contribution in [0.1, 0.15) is 62.5 Å². The van der Waals surface area contributed by atoms with Crippen molar-refractivity contribution >= 4 is 17.7 Å². The van der Waals surface area contributed by atoms with Gasteiger partial charge in [-0.1, -0.05) is 13.0 Å². The molecule has 30 heavy (non-hydrogen) atoms. The SMILES string of the molecule is CC1CN(C)CCc2ccc(N3CCN(C4CCC(CCC(=O)O)CC4)C3=O)cc21. The lowest BCUT2D eigenvalue weighted by Crippen LogP contribution is -2.41. The second-order valence-corrected chi connectivity index (χ2v) is 9.53. The van der Waals surface area contributed by atoms with Crippen molar-refractivity contribution in [2.24, 2.45) is 5.92 Å². The summed E-state index contributed by atoms with van der Waals surface area (Å²) in [7, 11) is 2.18. The maximum atomic E-state index is 13.2. The van der Waals surface area contributed by atoms with Crippen molar-refractivity contribution in [1.82, 2.24) is 9.80 Å². The van der Waals surface area contributed by atoms with Crippen LogP contribution < -0.4 is 4.90 Å². The predicted molar refractivity (Wildman–Crippen MR) is 118 cm³/mol. The normalized spacial score (nSPS) is 27.8. The summed E-state index contributed by atoms with van der Waals surface area (Å²) in [6, 6.07) is 7.05. The number of rotatable bonds is 5. The number of hydrogen-bond acceptors (Lipinski definition) is 3. The number of carboxylic acids is 1. The standard InChI is InChI=1S/C24H35N3O3/c1-17-16-25(2)12-11-19-6-9-21(15-22(17)19)27-14-13-26(24(27)30)20-7-3-18(4-8-20)5-10-23(28)29/h6,9,15,17-18,20H,3-5,7-8,10-14,16H2,1-2H3,(H,28,29). The summed E-state index contributed by atoms with van der Waals surface area (Å²) in [5.41, 5.74) is 3.84. The lowest BCUT2D eigenvalue weighted by molar-refractivity contribution is -0.137. The van der Waals surface area contributed by atoms with Crippen LogP contribution in [-0.4, -0.2) is 66.2 Å². The monoisotopic (exact) mass is 413 g/mol. The Kier molecular flexibility index (Phi) is 6.32. The summed E-state index contributed by atoms with van der Waals surface area (Å²) in [5.74, 6) is 0.266. The van der Waals surface area contributed by atoms with Gasteiger partial charge in [0.25, 0.3) is 0 Å². The molecule has 1 saturated heterocycles. The Morgan fingerprint density at radius 3 is 2.63 bits per heavy atom. The molecule has 3 aliphatic rings. The van der Waals surface area contributed by atoms with Crippen LogP contribution in [-0.2, 0) is 11.2 Å². The molecule has 0 bridgehead atoms. The Morgan fingerprint density at radius 1 is 1.13 bits per heavy atom. The number of aliphatic carboxylic acids is 1. The third kappa shape index (κ3) is 4.48. The molecule has 1 N–H and O–H groups in total. The number of amides is 2. The van der Waals surface area contributed by atoms with E-state index in [1.165, 1.54) is 11.1 Å². The molecule has 2 aliphatic heterocycles. The molecule has 2 heterocycles. The van der Waals surface area contributed by atoms with Crippen LogP contribution in [0.5, 0.6) is 0 Å². The van der Waals surface area contributed by atoms with E-state index < -0.39 is 5.97 Å². The topological polar surface area (TPSA) is 64.1 Å². The van der Waals surface area contributed by atoms with E-state index >= 15 is 0 Å². The van der Waals surface area contributed by atoms with Crippen molar-refractivity contribution in [3.05, 3.63) is 29.3 Å². The van der Waals surface area contributed by atoms with Gasteiger partial charge in [-0.25, -0.2) is 4.79 Å². The Morgan fingerprint density at radius 2 is 1.90 bits per heavy atom. The minimum atomic E-state index is -0.704. The molecule has 1 atom stereocenters. The Hall–Kier alpha value is -2.08. The van der Waals surface area contributed by atoms with E-state index in [0.29, 0.717) is 17.9 Å². The molecule has 0 aromatic heterocycles. The molecule has 1 aromatic carbocycles. The van der Waals surface area contributed by atoms with E-state index in [9.17, 15) is 9.59 Å². The highest BCUT2D eigenvalue weighted by molar-refractivity contribution is 5.94. The summed E-state index contributed by atoms with van der Waals surface area (Å²) >= 11 is 0. The van der Waals surface area contributed by atoms with Crippen LogP contribution in [0.15, 0.2) is 18.2 Å². The number of benzene rings is 1. The first-order valence-electron chi connectivity index (χ1n) is 11.5. The van der Waals surface area contributed by atoms with Gasteiger partial charge in [-0.15, -0.1) is 0 Å². The van der Waals surface area contributed by atoms with E-state index in [2.05, 4.69) is 42.0 Å². The van der Waals surface area contributed by atoms with E-state index in [1.54, 1.807) is 0 Å². The van der Waals surface area contributed by atoms with Gasteiger partial charge in [0.1, 0.15) is 0 Å². The number of nitrogens with zero attached hydrogens (tertiary/aromatic N) is 3. The molecule has 1 unspecified atom stereocenters. The van der Waals surface area contributed by atoms with Crippen LogP contribution in [0.2, 0.25) is 0 Å². The second-order valence-electron chi connectivity index (χ2n) is 9.53. The molecule has 2 amide bonds. The minimum Gasteiger partial charge on any atom is -0.481 e. The van der Waals surface area contributed by atoms with Crippen molar-refractivity contribution in [2.45, 2.75) is 63.8 Å². The van der Waals surface area contributed by atoms with Gasteiger partial charge >= 0.3 is 12.0 Å². The van der Waals surface area contributed by atoms with Gasteiger partial charge in [-0.3, -0.25) is 9.69 Å². The number of carboxylic acid groups (broad SMARTS) is 1. The fourth-order valence-electron chi connectivity index (χ4n) is 5.61. The zero-order valence-electron chi connectivity index (χ0n) is 18.3. The zero-order chi connectivity index (χ0) is 21.3. The lowest BCUT2D eigenvalue weighted by atomic mass is 9.83. The molecule has 0 spiro atoms. The van der Waals surface area contributed by atoms with Crippen molar-refractivity contribution in [1.29, 1.82) is 0 Å². The molecule has 1 aromatic rings. The first kappa shape index (κ1) is 21.2. The fraction of sp³-hybridized carbons (Fsp3) is 0.667. The largest absolute Gasteiger partial charge is 0.481 e. The summed E-state index contributed by atoms with van der Waals surface area (Å²) in [4.78, 5) is 30.5. The van der Waals surface area contributed by atoms with Crippen LogP contribution in [0.3, 0.4) is 0 Å². The van der Waals surface area contributed by atoms with Crippen LogP contribution in [0.4, 0.5) is 10.5 Å². The molecule has 164 valence electrons. The van der Waals surface area contributed by atoms with Gasteiger partial charge in [0.05, 0.1) is 0 Å². The van der Waals surface area contributed by atoms with Crippen molar-refractivity contribution in [3.63, 3.8) is 0 Å². The number of carbonyl (C=O) groups is 2. The first-order chi connectivity index (χ1) is 14.4. The van der Waals surface area contributed by atoms with Crippen LogP contribution in [0, 0.1) is 5.92 Å². The van der Waals surface area contributed by atoms with E-state index in [0.717, 1.165) is 70.4 Å². The van der Waals surface area contributed by atoms with Gasteiger partial charge in [-0.05, 0) is 80.7 Å². The second kappa shape index (κ2) is 8.96. The Balaban J connectivity index is 1.40. The Labute approximate surface area is 179 Å². The van der Waals surface area contributed by atoms with E-state index in [1.807, 2.05) is 4.90 Å². The molecular weight excluding hydrogens is 378 g/mol. The molecule has 1 saturated carbocycles. The van der Waals surface area contributed by atoms with Crippen LogP contribution >= 0.6 is 0 Å². The molecule has 6 nitrogen and oxygen atoms in total. The fourth-order valence-corrected chi connectivity index (χ4v) is 5.61. The highest BCUT2D eigenvalue weighted by Crippen LogP contribution is 2.34. The summed E-state index contributed by atoms with van der Waals surface area (Å²) < 4.78 is 0. The number of hydrogen-bond donors (Lipinski definition) is 1. The number of fused-ring (bicyclic) bond motifs is 1. The number of anilines is 1. The predicted octanol–water partition coefficient (Wildman–Crippen LogP) is 3.94. The third-order valence-electron chi connectivity index (χ3n) is 7.39. The molecular formula is C24H35N3O3. The molecule has 1 aliphatic carbocycles. The average Bonchev–Trinajstić information content (AvgIpc) is 3.05. The number of likely N-dealkylation sites (N-methyl/N-ethyl adjacent to an activating group) is 1. The highest BCUT2D eigenvalue weighted by Gasteiger charge is 2.36. The number of urea groups is 1. The van der Waals surface area contributed by atoms with Crippen LogP contribution in [0.25, 0.3) is 0 Å². The highest BCUT2D eigenvalue weighted by atomic mass is 16.4. The lowest BCUT2D eigenvalue weighted by Gasteiger charge is -2.34. The van der Waals surface area contributed by atoms with Gasteiger partial charge in [0, 0.05) is 44.3 Å². The smallest absolute Gasteiger partial charge is 0.324 e. The van der Waals surface area contributed by atoms with Crippen molar-refractivity contribution in [3.8, 4) is 0 Å². The van der Waals surface area contributed by atoms with Crippen molar-refractivity contribution < 1.29 is 14.7 Å². The van der Waals surface area contributed by atoms with Gasteiger partial charge < -0.3 is 14.9 Å². The summed E-state index contributed by atoms with van der Waals surface area (Å²) in [6.45, 7) is 5.97. The third-order valence-corrected chi connectivity index (χ3v) is 7.39. The first-order valence-corrected chi connectivity index (χ1v) is 11.5. The average molecular weight is 414 g/mol. The Bertz CT molecular complexity index is 788. The maximum absolute atomic E-state index is 13.2. The zero-order valence-corrected chi connectivity index (χ0v) is 18.3. The van der Waals surface area contributed by atoms with Gasteiger partial charge in [0.15, 0.2) is 0 Å². The maximum Gasteiger partial charge on any atom is 0.324 e. The molecule has 0 radical (unpaired) electrons. The molecule has 2 fully saturated rings. The summed E-state index contributed by atoms with van der Waals surface area (Å²) in [5, 5.41) is 8.90. The quantitative estimate of drug-likeness (QED) is 0.794. The number of carbonyl (C=O) groups excluding carboxylic acids is 1. The van der Waals surface area contributed by atoms with E-state index in [4.69, 9.17) is 5.11 Å². The molecule has 4 rings (SSSR count). The van der Waals surface area contributed by atoms with Gasteiger partial charge in [-0.2, -0.15) is 0 Å². The van der Waals surface area contributed by atoms with Gasteiger partial charge in [0.2, 0.25) is 0 Å².